The summed E-state index contributed by atoms with van der Waals surface area (Å²) in [6, 6.07) is 13.1. The van der Waals surface area contributed by atoms with Gasteiger partial charge in [0.15, 0.2) is 9.84 Å². The van der Waals surface area contributed by atoms with Crippen LogP contribution in [0.3, 0.4) is 0 Å². The van der Waals surface area contributed by atoms with E-state index < -0.39 is 15.1 Å². The quantitative estimate of drug-likeness (QED) is 0.812. The van der Waals surface area contributed by atoms with Gasteiger partial charge in [0, 0.05) is 18.2 Å². The predicted octanol–water partition coefficient (Wildman–Crippen LogP) is 2.49. The third-order valence-corrected chi connectivity index (χ3v) is 6.91. The van der Waals surface area contributed by atoms with Gasteiger partial charge < -0.3 is 4.90 Å². The van der Waals surface area contributed by atoms with Crippen LogP contribution in [0.1, 0.15) is 24.2 Å². The summed E-state index contributed by atoms with van der Waals surface area (Å²) >= 11 is 0. The van der Waals surface area contributed by atoms with Crippen LogP contribution >= 0.6 is 0 Å². The van der Waals surface area contributed by atoms with E-state index in [1.807, 2.05) is 49.4 Å². The van der Waals surface area contributed by atoms with Crippen LogP contribution in [0.15, 0.2) is 42.5 Å². The Labute approximate surface area is 130 Å². The molecule has 0 spiro atoms. The molecule has 2 aromatic carbocycles. The first-order valence-electron chi connectivity index (χ1n) is 7.42. The third kappa shape index (κ3) is 2.39. The Morgan fingerprint density at radius 2 is 1.77 bits per heavy atom. The van der Waals surface area contributed by atoms with Crippen LogP contribution in [0.4, 0.5) is 0 Å². The van der Waals surface area contributed by atoms with Crippen LogP contribution in [-0.4, -0.2) is 42.8 Å². The van der Waals surface area contributed by atoms with E-state index >= 15 is 0 Å². The zero-order chi connectivity index (χ0) is 15.9. The van der Waals surface area contributed by atoms with E-state index in [1.54, 1.807) is 11.8 Å². The lowest BCUT2D eigenvalue weighted by Crippen LogP contribution is -2.54. The van der Waals surface area contributed by atoms with Crippen LogP contribution in [-0.2, 0) is 9.84 Å². The highest BCUT2D eigenvalue weighted by molar-refractivity contribution is 7.92. The summed E-state index contributed by atoms with van der Waals surface area (Å²) < 4.78 is 23.9. The number of carbonyl (C=O) groups is 1. The van der Waals surface area contributed by atoms with Crippen molar-refractivity contribution in [2.75, 3.05) is 12.3 Å². The number of hydrogen-bond donors (Lipinski definition) is 0. The Balaban J connectivity index is 2.00. The van der Waals surface area contributed by atoms with Gasteiger partial charge in [-0.25, -0.2) is 8.42 Å². The van der Waals surface area contributed by atoms with E-state index in [2.05, 4.69) is 0 Å². The minimum absolute atomic E-state index is 0.0367. The summed E-state index contributed by atoms with van der Waals surface area (Å²) in [4.78, 5) is 14.6. The Hall–Kier alpha value is -1.88. The average molecular weight is 317 g/mol. The number of rotatable bonds is 1. The molecule has 1 aliphatic rings. The topological polar surface area (TPSA) is 54.5 Å². The van der Waals surface area contributed by atoms with E-state index in [1.165, 1.54) is 0 Å². The normalized spacial score (nSPS) is 24.4. The highest BCUT2D eigenvalue weighted by Crippen LogP contribution is 2.25. The molecule has 1 heterocycles. The van der Waals surface area contributed by atoms with Gasteiger partial charge in [-0.15, -0.1) is 0 Å². The van der Waals surface area contributed by atoms with Crippen LogP contribution in [0.25, 0.3) is 10.8 Å². The van der Waals surface area contributed by atoms with Crippen LogP contribution in [0, 0.1) is 0 Å². The molecule has 2 aromatic rings. The van der Waals surface area contributed by atoms with E-state index in [0.717, 1.165) is 10.8 Å². The summed E-state index contributed by atoms with van der Waals surface area (Å²) in [6.07, 6.45) is 0. The molecule has 116 valence electrons. The number of hydrogen-bond acceptors (Lipinski definition) is 3. The number of fused-ring (bicyclic) bond motifs is 1. The molecule has 0 N–H and O–H groups in total. The number of sulfone groups is 1. The van der Waals surface area contributed by atoms with Gasteiger partial charge in [-0.2, -0.15) is 0 Å². The van der Waals surface area contributed by atoms with Crippen molar-refractivity contribution < 1.29 is 13.2 Å². The van der Waals surface area contributed by atoms with E-state index in [4.69, 9.17) is 0 Å². The Morgan fingerprint density at radius 3 is 2.55 bits per heavy atom. The van der Waals surface area contributed by atoms with Crippen molar-refractivity contribution in [3.05, 3.63) is 48.0 Å². The van der Waals surface area contributed by atoms with E-state index in [9.17, 15) is 13.2 Å². The van der Waals surface area contributed by atoms with Crippen LogP contribution < -0.4 is 0 Å². The molecule has 1 aliphatic heterocycles. The van der Waals surface area contributed by atoms with E-state index in [0.29, 0.717) is 5.56 Å². The first-order chi connectivity index (χ1) is 10.4. The van der Waals surface area contributed by atoms with Gasteiger partial charge in [0.1, 0.15) is 0 Å². The van der Waals surface area contributed by atoms with Crippen molar-refractivity contribution in [2.24, 2.45) is 0 Å². The molecule has 22 heavy (non-hydrogen) atoms. The summed E-state index contributed by atoms with van der Waals surface area (Å²) in [5, 5.41) is 1.39. The van der Waals surface area contributed by atoms with Crippen molar-refractivity contribution >= 4 is 26.5 Å². The standard InChI is InChI=1S/C17H19NO3S/c1-12-13(2)22(20,21)11-10-18(12)17(19)16-9-5-7-14-6-3-4-8-15(14)16/h3-9,12-13H,10-11H2,1-2H3. The van der Waals surface area contributed by atoms with Gasteiger partial charge in [-0.05, 0) is 30.7 Å². The van der Waals surface area contributed by atoms with Crippen molar-refractivity contribution in [1.82, 2.24) is 4.90 Å². The number of nitrogens with zero attached hydrogens (tertiary/aromatic N) is 1. The molecule has 2 atom stereocenters. The molecule has 1 fully saturated rings. The first kappa shape index (κ1) is 15.0. The molecule has 0 aromatic heterocycles. The van der Waals surface area contributed by atoms with Gasteiger partial charge in [-0.1, -0.05) is 36.4 Å². The molecule has 0 radical (unpaired) electrons. The molecule has 1 saturated heterocycles. The minimum Gasteiger partial charge on any atom is -0.334 e. The smallest absolute Gasteiger partial charge is 0.254 e. The highest BCUT2D eigenvalue weighted by Gasteiger charge is 2.38. The number of benzene rings is 2. The molecule has 1 amide bonds. The van der Waals surface area contributed by atoms with Crippen molar-refractivity contribution in [2.45, 2.75) is 25.1 Å². The predicted molar refractivity (Wildman–Crippen MR) is 87.7 cm³/mol. The first-order valence-corrected chi connectivity index (χ1v) is 9.13. The summed E-state index contributed by atoms with van der Waals surface area (Å²) in [6.45, 7) is 3.75. The second-order valence-corrected chi connectivity index (χ2v) is 8.32. The fourth-order valence-electron chi connectivity index (χ4n) is 3.02. The van der Waals surface area contributed by atoms with Crippen molar-refractivity contribution in [3.63, 3.8) is 0 Å². The summed E-state index contributed by atoms with van der Waals surface area (Å²) in [5.41, 5.74) is 0.636. The van der Waals surface area contributed by atoms with Gasteiger partial charge in [0.2, 0.25) is 0 Å². The summed E-state index contributed by atoms with van der Waals surface area (Å²) in [5.74, 6) is -0.0549. The van der Waals surface area contributed by atoms with Crippen LogP contribution in [0.2, 0.25) is 0 Å². The highest BCUT2D eigenvalue weighted by atomic mass is 32.2. The lowest BCUT2D eigenvalue weighted by molar-refractivity contribution is 0.0695. The maximum atomic E-state index is 12.9. The second-order valence-electron chi connectivity index (χ2n) is 5.84. The van der Waals surface area contributed by atoms with Crippen LogP contribution in [0.5, 0.6) is 0 Å². The molecule has 3 rings (SSSR count). The number of amides is 1. The van der Waals surface area contributed by atoms with Gasteiger partial charge in [0.05, 0.1) is 11.0 Å². The minimum atomic E-state index is -3.10. The molecule has 5 heteroatoms. The molecule has 0 bridgehead atoms. The zero-order valence-electron chi connectivity index (χ0n) is 12.7. The zero-order valence-corrected chi connectivity index (χ0v) is 13.5. The summed E-state index contributed by atoms with van der Waals surface area (Å²) in [7, 11) is -3.10. The fourth-order valence-corrected chi connectivity index (χ4v) is 4.59. The number of carbonyl (C=O) groups excluding carboxylic acids is 1. The average Bonchev–Trinajstić information content (AvgIpc) is 2.52. The maximum Gasteiger partial charge on any atom is 0.254 e. The Kier molecular flexibility index (Phi) is 3.68. The monoisotopic (exact) mass is 317 g/mol. The molecule has 2 unspecified atom stereocenters. The third-order valence-electron chi connectivity index (χ3n) is 4.64. The van der Waals surface area contributed by atoms with E-state index in [-0.39, 0.29) is 24.2 Å². The molecular weight excluding hydrogens is 298 g/mol. The second kappa shape index (κ2) is 5.39. The Morgan fingerprint density at radius 1 is 1.09 bits per heavy atom. The van der Waals surface area contributed by atoms with Gasteiger partial charge in [0.25, 0.3) is 5.91 Å². The fraction of sp³-hybridized carbons (Fsp3) is 0.353. The lowest BCUT2D eigenvalue weighted by atomic mass is 10.0. The maximum absolute atomic E-state index is 12.9. The molecule has 0 saturated carbocycles. The Bertz CT molecular complexity index is 823. The molecule has 0 aliphatic carbocycles. The van der Waals surface area contributed by atoms with Crippen molar-refractivity contribution in [3.8, 4) is 0 Å². The molecule has 4 nitrogen and oxygen atoms in total. The molecular formula is C17H19NO3S. The SMILES string of the molecule is CC1C(C)S(=O)(=O)CCN1C(=O)c1cccc2ccccc12. The lowest BCUT2D eigenvalue weighted by Gasteiger charge is -2.37. The largest absolute Gasteiger partial charge is 0.334 e. The van der Waals surface area contributed by atoms with Gasteiger partial charge >= 0.3 is 0 Å². The van der Waals surface area contributed by atoms with Gasteiger partial charge in [-0.3, -0.25) is 4.79 Å². The van der Waals surface area contributed by atoms with Crippen molar-refractivity contribution in [1.29, 1.82) is 0 Å².